The molecule has 3 aromatic carbocycles. The Labute approximate surface area is 296 Å². The number of carbonyl (C=O) groups is 1. The molecule has 1 fully saturated rings. The zero-order chi connectivity index (χ0) is 35.1. The average molecular weight is 733 g/mol. The molecule has 5 aromatic rings. The number of piperazine rings is 1. The number of amides is 1. The van der Waals surface area contributed by atoms with E-state index in [-0.39, 0.29) is 33.6 Å². The van der Waals surface area contributed by atoms with E-state index in [1.165, 1.54) is 23.9 Å². The Kier molecular flexibility index (Phi) is 10.8. The number of sulfone groups is 1. The maximum absolute atomic E-state index is 13.2. The van der Waals surface area contributed by atoms with E-state index in [2.05, 4.69) is 36.0 Å². The summed E-state index contributed by atoms with van der Waals surface area (Å²) >= 11 is 7.35. The monoisotopic (exact) mass is 732 g/mol. The zero-order valence-electron chi connectivity index (χ0n) is 26.3. The largest absolute Gasteiger partial charge is 0.453 e. The first-order chi connectivity index (χ1) is 24.2. The molecular weight excluding hydrogens is 704 g/mol. The van der Waals surface area contributed by atoms with E-state index in [1.807, 2.05) is 36.4 Å². The maximum atomic E-state index is 13.2. The summed E-state index contributed by atoms with van der Waals surface area (Å²) < 4.78 is 36.1. The lowest BCUT2D eigenvalue weighted by atomic mass is 10.1. The Balaban J connectivity index is 1.05. The van der Waals surface area contributed by atoms with Crippen LogP contribution in [0.2, 0.25) is 5.02 Å². The van der Waals surface area contributed by atoms with Gasteiger partial charge in [0.25, 0.3) is 9.84 Å². The van der Waals surface area contributed by atoms with Gasteiger partial charge in [0, 0.05) is 49.0 Å². The van der Waals surface area contributed by atoms with Gasteiger partial charge in [0.2, 0.25) is 5.91 Å². The number of nitrogens with zero attached hydrogens (tertiary/aromatic N) is 7. The number of hydrogen-bond donors (Lipinski definition) is 1. The molecule has 0 unspecified atom stereocenters. The number of anilines is 2. The summed E-state index contributed by atoms with van der Waals surface area (Å²) in [5.41, 5.74) is 2.09. The molecule has 6 rings (SSSR count). The minimum Gasteiger partial charge on any atom is -0.453 e. The molecule has 14 nitrogen and oxygen atoms in total. The average Bonchev–Trinajstić information content (AvgIpc) is 3.52. The van der Waals surface area contributed by atoms with Gasteiger partial charge in [-0.15, -0.1) is 0 Å². The molecule has 1 N–H and O–H groups in total. The lowest BCUT2D eigenvalue weighted by Gasteiger charge is -2.34. The molecule has 3 heterocycles. The van der Waals surface area contributed by atoms with E-state index in [4.69, 9.17) is 16.3 Å². The number of nitrogens with one attached hydrogen (secondary N) is 1. The molecule has 50 heavy (non-hydrogen) atoms. The van der Waals surface area contributed by atoms with Crippen LogP contribution >= 0.6 is 23.4 Å². The predicted molar refractivity (Wildman–Crippen MR) is 184 cm³/mol. The Morgan fingerprint density at radius 3 is 2.46 bits per heavy atom. The van der Waals surface area contributed by atoms with Crippen molar-refractivity contribution in [1.82, 2.24) is 24.9 Å². The second-order valence-corrected chi connectivity index (χ2v) is 14.2. The smallest absolute Gasteiger partial charge is 0.415 e. The second kappa shape index (κ2) is 15.6. The summed E-state index contributed by atoms with van der Waals surface area (Å²) in [5.74, 6) is -0.126. The molecule has 0 aliphatic carbocycles. The van der Waals surface area contributed by atoms with Crippen LogP contribution in [0.25, 0.3) is 11.3 Å². The molecule has 256 valence electrons. The third-order valence-electron chi connectivity index (χ3n) is 7.69. The van der Waals surface area contributed by atoms with Gasteiger partial charge in [-0.05, 0) is 35.2 Å². The minimum atomic E-state index is -4.22. The SMILES string of the molecule is N#Cc1c(Nc2cccc(Cl)c2)nc(SCC(=O)N2CCN(CCOc3no[n+]([O-])c3S(=O)(=O)c3ccccc3)CC2)nc1-c1ccccc1. The lowest BCUT2D eigenvalue weighted by Crippen LogP contribution is -2.50. The van der Waals surface area contributed by atoms with Gasteiger partial charge in [-0.2, -0.15) is 5.26 Å². The Morgan fingerprint density at radius 2 is 1.76 bits per heavy atom. The van der Waals surface area contributed by atoms with E-state index >= 15 is 0 Å². The van der Waals surface area contributed by atoms with Crippen LogP contribution < -0.4 is 15.0 Å². The predicted octanol–water partition coefficient (Wildman–Crippen LogP) is 4.18. The fourth-order valence-electron chi connectivity index (χ4n) is 5.16. The van der Waals surface area contributed by atoms with Gasteiger partial charge in [0.15, 0.2) is 11.0 Å². The van der Waals surface area contributed by atoms with Crippen molar-refractivity contribution in [2.45, 2.75) is 15.1 Å². The summed E-state index contributed by atoms with van der Waals surface area (Å²) in [6.07, 6.45) is 0. The number of carbonyl (C=O) groups excluding carboxylic acids is 1. The van der Waals surface area contributed by atoms with Crippen LogP contribution in [-0.4, -0.2) is 84.3 Å². The zero-order valence-corrected chi connectivity index (χ0v) is 28.7. The molecule has 0 radical (unpaired) electrons. The van der Waals surface area contributed by atoms with Crippen molar-refractivity contribution in [2.75, 3.05) is 50.4 Å². The third-order valence-corrected chi connectivity index (χ3v) is 10.5. The highest BCUT2D eigenvalue weighted by molar-refractivity contribution is 7.99. The molecule has 0 saturated carbocycles. The first kappa shape index (κ1) is 34.6. The molecule has 0 atom stereocenters. The number of ether oxygens (including phenoxy) is 1. The highest BCUT2D eigenvalue weighted by Gasteiger charge is 2.36. The van der Waals surface area contributed by atoms with Gasteiger partial charge in [-0.25, -0.2) is 18.4 Å². The topological polar surface area (TPSA) is 181 Å². The number of nitriles is 1. The van der Waals surface area contributed by atoms with Crippen molar-refractivity contribution in [3.05, 3.63) is 101 Å². The highest BCUT2D eigenvalue weighted by atomic mass is 35.5. The summed E-state index contributed by atoms with van der Waals surface area (Å²) in [5, 5.41) is 29.0. The highest BCUT2D eigenvalue weighted by Crippen LogP contribution is 2.31. The summed E-state index contributed by atoms with van der Waals surface area (Å²) in [6.45, 7) is 2.46. The molecular formula is C33H29ClN8O6S2. The molecule has 0 bridgehead atoms. The number of rotatable bonds is 12. The van der Waals surface area contributed by atoms with Gasteiger partial charge in [-0.1, -0.05) is 78.0 Å². The summed E-state index contributed by atoms with van der Waals surface area (Å²) in [7, 11) is -4.22. The van der Waals surface area contributed by atoms with Crippen molar-refractivity contribution in [3.63, 3.8) is 0 Å². The van der Waals surface area contributed by atoms with Gasteiger partial charge in [0.1, 0.15) is 18.2 Å². The summed E-state index contributed by atoms with van der Waals surface area (Å²) in [4.78, 5) is 26.0. The van der Waals surface area contributed by atoms with E-state index < -0.39 is 20.7 Å². The fraction of sp³-hybridized carbons (Fsp3) is 0.212. The van der Waals surface area contributed by atoms with Crippen LogP contribution in [0.5, 0.6) is 5.88 Å². The van der Waals surface area contributed by atoms with Crippen molar-refractivity contribution in [2.24, 2.45) is 0 Å². The van der Waals surface area contributed by atoms with E-state index in [0.29, 0.717) is 60.1 Å². The van der Waals surface area contributed by atoms with E-state index in [9.17, 15) is 23.7 Å². The second-order valence-electron chi connectivity index (χ2n) is 10.9. The molecule has 1 aliphatic heterocycles. The van der Waals surface area contributed by atoms with Gasteiger partial charge in [-0.3, -0.25) is 14.3 Å². The Morgan fingerprint density at radius 1 is 1.04 bits per heavy atom. The number of halogens is 1. The third kappa shape index (κ3) is 7.98. The molecule has 1 aliphatic rings. The van der Waals surface area contributed by atoms with E-state index in [1.54, 1.807) is 41.3 Å². The normalized spacial score (nSPS) is 13.5. The van der Waals surface area contributed by atoms with Gasteiger partial charge < -0.3 is 20.2 Å². The molecule has 1 amide bonds. The van der Waals surface area contributed by atoms with Crippen molar-refractivity contribution in [3.8, 4) is 23.2 Å². The lowest BCUT2D eigenvalue weighted by molar-refractivity contribution is -0.832. The van der Waals surface area contributed by atoms with Crippen LogP contribution in [-0.2, 0) is 14.6 Å². The van der Waals surface area contributed by atoms with Crippen LogP contribution in [0.15, 0.2) is 105 Å². The Hall–Kier alpha value is -5.21. The first-order valence-electron chi connectivity index (χ1n) is 15.3. The van der Waals surface area contributed by atoms with Crippen LogP contribution in [0, 0.1) is 16.5 Å². The van der Waals surface area contributed by atoms with Gasteiger partial charge >= 0.3 is 10.9 Å². The molecule has 2 aromatic heterocycles. The van der Waals surface area contributed by atoms with Crippen molar-refractivity contribution in [1.29, 1.82) is 5.26 Å². The number of thioether (sulfide) groups is 1. The van der Waals surface area contributed by atoms with Crippen LogP contribution in [0.4, 0.5) is 11.5 Å². The van der Waals surface area contributed by atoms with Gasteiger partial charge in [0.05, 0.1) is 21.5 Å². The fourth-order valence-corrected chi connectivity index (χ4v) is 7.39. The minimum absolute atomic E-state index is 0.0407. The number of hydrogen-bond acceptors (Lipinski definition) is 13. The summed E-state index contributed by atoms with van der Waals surface area (Å²) in [6, 6.07) is 26.0. The Bertz CT molecular complexity index is 2120. The van der Waals surface area contributed by atoms with E-state index in [0.717, 1.165) is 5.56 Å². The van der Waals surface area contributed by atoms with Crippen LogP contribution in [0.3, 0.4) is 0 Å². The quantitative estimate of drug-likeness (QED) is 0.110. The van der Waals surface area contributed by atoms with Crippen LogP contribution in [0.1, 0.15) is 5.56 Å². The molecule has 0 spiro atoms. The number of benzene rings is 3. The number of aromatic nitrogens is 4. The van der Waals surface area contributed by atoms with Crippen molar-refractivity contribution >= 4 is 50.6 Å². The first-order valence-corrected chi connectivity index (χ1v) is 18.1. The standard InChI is InChI=1S/C33H29ClN8O6S2/c34-24-10-7-11-25(20-24)36-30-27(21-35)29(23-8-3-1-4-9-23)37-33(38-30)49-22-28(43)41-16-14-40(15-17-41)18-19-47-31-32(42(44)48-39-31)50(45,46)26-12-5-2-6-13-26/h1-13,20H,14-19,22H2,(H,36,37,38). The molecule has 17 heteroatoms. The molecule has 1 saturated heterocycles. The maximum Gasteiger partial charge on any atom is 0.415 e. The van der Waals surface area contributed by atoms with Crippen molar-refractivity contribution < 1.29 is 27.5 Å².